The Hall–Kier alpha value is -0.520. The van der Waals surface area contributed by atoms with Crippen molar-refractivity contribution in [2.45, 2.75) is 74.7 Å². The Morgan fingerprint density at radius 2 is 1.00 bits per heavy atom. The lowest BCUT2D eigenvalue weighted by atomic mass is 9.79. The molecule has 1 rings (SSSR count). The van der Waals surface area contributed by atoms with Crippen molar-refractivity contribution in [1.29, 1.82) is 0 Å². The van der Waals surface area contributed by atoms with Crippen molar-refractivity contribution in [3.63, 3.8) is 0 Å². The van der Waals surface area contributed by atoms with Gasteiger partial charge in [0, 0.05) is 0 Å². The minimum Gasteiger partial charge on any atom is -0.0613 e. The van der Waals surface area contributed by atoms with Gasteiger partial charge >= 0.3 is 0 Å². The molecule has 0 bridgehead atoms. The van der Waals surface area contributed by atoms with Crippen LogP contribution in [0.3, 0.4) is 0 Å². The average molecular weight is 234 g/mol. The molecule has 0 unspecified atom stereocenters. The highest BCUT2D eigenvalue weighted by molar-refractivity contribution is 5.50. The van der Waals surface area contributed by atoms with E-state index in [1.807, 2.05) is 0 Å². The lowest BCUT2D eigenvalue weighted by Gasteiger charge is -2.26. The molecule has 0 nitrogen and oxygen atoms in total. The second-order valence-electron chi connectivity index (χ2n) is 7.30. The standard InChI is InChI=1S/C17H30/c1-9-12-13(10-2)15(17(6,7)8)11-14(12)16(3,4)5/h9-11H2,1-8H3. The van der Waals surface area contributed by atoms with Gasteiger partial charge in [0.15, 0.2) is 0 Å². The topological polar surface area (TPSA) is 0 Å². The average Bonchev–Trinajstić information content (AvgIpc) is 2.54. The Labute approximate surface area is 108 Å². The number of hydrogen-bond acceptors (Lipinski definition) is 0. The maximum atomic E-state index is 2.36. The molecule has 0 N–H and O–H groups in total. The molecule has 0 aromatic carbocycles. The molecule has 1 aliphatic rings. The van der Waals surface area contributed by atoms with Crippen LogP contribution in [0.1, 0.15) is 74.7 Å². The predicted octanol–water partition coefficient (Wildman–Crippen LogP) is 5.90. The summed E-state index contributed by atoms with van der Waals surface area (Å²) in [7, 11) is 0. The van der Waals surface area contributed by atoms with Crippen molar-refractivity contribution >= 4 is 0 Å². The molecule has 0 aromatic heterocycles. The van der Waals surface area contributed by atoms with Gasteiger partial charge in [0.25, 0.3) is 0 Å². The van der Waals surface area contributed by atoms with E-state index in [9.17, 15) is 0 Å². The minimum absolute atomic E-state index is 0.318. The van der Waals surface area contributed by atoms with Gasteiger partial charge < -0.3 is 0 Å². The quantitative estimate of drug-likeness (QED) is 0.558. The highest BCUT2D eigenvalue weighted by Gasteiger charge is 2.33. The smallest absolute Gasteiger partial charge is 0.00861 e. The van der Waals surface area contributed by atoms with Crippen LogP contribution in [0.15, 0.2) is 22.3 Å². The fourth-order valence-electron chi connectivity index (χ4n) is 3.04. The van der Waals surface area contributed by atoms with E-state index in [4.69, 9.17) is 0 Å². The van der Waals surface area contributed by atoms with Crippen LogP contribution < -0.4 is 0 Å². The molecule has 98 valence electrons. The zero-order valence-electron chi connectivity index (χ0n) is 13.1. The molecule has 0 heteroatoms. The third-order valence-corrected chi connectivity index (χ3v) is 3.96. The molecule has 0 heterocycles. The van der Waals surface area contributed by atoms with Gasteiger partial charge in [-0.1, -0.05) is 66.5 Å². The van der Waals surface area contributed by atoms with Gasteiger partial charge in [-0.2, -0.15) is 0 Å². The maximum absolute atomic E-state index is 2.36. The first-order chi connectivity index (χ1) is 7.62. The number of rotatable bonds is 2. The Balaban J connectivity index is 3.28. The number of hydrogen-bond donors (Lipinski definition) is 0. The van der Waals surface area contributed by atoms with E-state index >= 15 is 0 Å². The first-order valence-electron chi connectivity index (χ1n) is 7.08. The third-order valence-electron chi connectivity index (χ3n) is 3.96. The Morgan fingerprint density at radius 3 is 1.18 bits per heavy atom. The molecule has 17 heavy (non-hydrogen) atoms. The largest absolute Gasteiger partial charge is 0.0613 e. The molecule has 0 radical (unpaired) electrons. The number of allylic oxidation sites excluding steroid dienone is 4. The Kier molecular flexibility index (Phi) is 3.96. The van der Waals surface area contributed by atoms with Gasteiger partial charge in [-0.25, -0.2) is 0 Å². The van der Waals surface area contributed by atoms with Crippen molar-refractivity contribution in [3.8, 4) is 0 Å². The van der Waals surface area contributed by atoms with Gasteiger partial charge in [-0.05, 0) is 41.2 Å². The van der Waals surface area contributed by atoms with Crippen LogP contribution in [0, 0.1) is 10.8 Å². The second-order valence-corrected chi connectivity index (χ2v) is 7.30. The van der Waals surface area contributed by atoms with E-state index in [2.05, 4.69) is 55.4 Å². The van der Waals surface area contributed by atoms with Gasteiger partial charge in [-0.15, -0.1) is 0 Å². The van der Waals surface area contributed by atoms with Crippen LogP contribution in [0.5, 0.6) is 0 Å². The first-order valence-corrected chi connectivity index (χ1v) is 7.08. The molecule has 0 saturated heterocycles. The van der Waals surface area contributed by atoms with E-state index in [1.54, 1.807) is 22.3 Å². The summed E-state index contributed by atoms with van der Waals surface area (Å²) in [6, 6.07) is 0. The summed E-state index contributed by atoms with van der Waals surface area (Å²) >= 11 is 0. The minimum atomic E-state index is 0.318. The zero-order chi connectivity index (χ0) is 13.4. The normalized spacial score (nSPS) is 18.4. The van der Waals surface area contributed by atoms with Crippen molar-refractivity contribution in [1.82, 2.24) is 0 Å². The van der Waals surface area contributed by atoms with Crippen LogP contribution >= 0.6 is 0 Å². The molecule has 0 aliphatic heterocycles. The molecule has 0 amide bonds. The van der Waals surface area contributed by atoms with Crippen molar-refractivity contribution in [2.75, 3.05) is 0 Å². The zero-order valence-corrected chi connectivity index (χ0v) is 13.1. The molecule has 1 aliphatic carbocycles. The van der Waals surface area contributed by atoms with E-state index in [0.29, 0.717) is 10.8 Å². The maximum Gasteiger partial charge on any atom is -0.00861 e. The highest BCUT2D eigenvalue weighted by atomic mass is 14.4. The lowest BCUT2D eigenvalue weighted by molar-refractivity contribution is 0.455. The Bertz CT molecular complexity index is 314. The molecule has 0 spiro atoms. The second kappa shape index (κ2) is 4.63. The van der Waals surface area contributed by atoms with E-state index < -0.39 is 0 Å². The summed E-state index contributed by atoms with van der Waals surface area (Å²) < 4.78 is 0. The third kappa shape index (κ3) is 2.84. The summed E-state index contributed by atoms with van der Waals surface area (Å²) in [5.41, 5.74) is 7.32. The SMILES string of the molecule is CCC1=C(C(C)(C)C)CC(C(C)(C)C)=C1CC. The fraction of sp³-hybridized carbons (Fsp3) is 0.765. The van der Waals surface area contributed by atoms with Crippen LogP contribution in [-0.2, 0) is 0 Å². The highest BCUT2D eigenvalue weighted by Crippen LogP contribution is 2.49. The molecular weight excluding hydrogens is 204 g/mol. The van der Waals surface area contributed by atoms with Gasteiger partial charge in [0.1, 0.15) is 0 Å². The first kappa shape index (κ1) is 14.5. The van der Waals surface area contributed by atoms with Crippen molar-refractivity contribution < 1.29 is 0 Å². The van der Waals surface area contributed by atoms with Crippen molar-refractivity contribution in [3.05, 3.63) is 22.3 Å². The Morgan fingerprint density at radius 1 is 0.706 bits per heavy atom. The summed E-state index contributed by atoms with van der Waals surface area (Å²) in [4.78, 5) is 0. The van der Waals surface area contributed by atoms with Gasteiger partial charge in [0.2, 0.25) is 0 Å². The summed E-state index contributed by atoms with van der Waals surface area (Å²) in [5, 5.41) is 0. The summed E-state index contributed by atoms with van der Waals surface area (Å²) in [6.07, 6.45) is 3.59. The molecule has 0 saturated carbocycles. The monoisotopic (exact) mass is 234 g/mol. The van der Waals surface area contributed by atoms with Crippen LogP contribution in [0.25, 0.3) is 0 Å². The molecular formula is C17H30. The molecule has 0 aromatic rings. The van der Waals surface area contributed by atoms with Crippen LogP contribution in [0.2, 0.25) is 0 Å². The predicted molar refractivity (Wildman–Crippen MR) is 78.2 cm³/mol. The van der Waals surface area contributed by atoms with Crippen molar-refractivity contribution in [2.24, 2.45) is 10.8 Å². The molecule has 0 fully saturated rings. The van der Waals surface area contributed by atoms with Crippen LogP contribution in [-0.4, -0.2) is 0 Å². The lowest BCUT2D eigenvalue weighted by Crippen LogP contribution is -2.13. The van der Waals surface area contributed by atoms with Gasteiger partial charge in [-0.3, -0.25) is 0 Å². The summed E-state index contributed by atoms with van der Waals surface area (Å²) in [6.45, 7) is 18.8. The molecule has 0 atom stereocenters. The van der Waals surface area contributed by atoms with E-state index in [1.165, 1.54) is 19.3 Å². The van der Waals surface area contributed by atoms with Crippen LogP contribution in [0.4, 0.5) is 0 Å². The van der Waals surface area contributed by atoms with Gasteiger partial charge in [0.05, 0.1) is 0 Å². The summed E-state index contributed by atoms with van der Waals surface area (Å²) in [5.74, 6) is 0. The van der Waals surface area contributed by atoms with E-state index in [-0.39, 0.29) is 0 Å². The van der Waals surface area contributed by atoms with E-state index in [0.717, 1.165) is 0 Å². The fourth-order valence-corrected chi connectivity index (χ4v) is 3.04.